The molecule has 0 N–H and O–H groups in total. The van der Waals surface area contributed by atoms with Gasteiger partial charge in [0, 0.05) is 46.3 Å². The molecule has 0 aromatic carbocycles. The highest BCUT2D eigenvalue weighted by Crippen LogP contribution is 2.31. The number of methoxy groups -OCH3 is 2. The molecule has 0 aromatic rings. The van der Waals surface area contributed by atoms with E-state index >= 15 is 0 Å². The average Bonchev–Trinajstić information content (AvgIpc) is 2.64. The van der Waals surface area contributed by atoms with Crippen molar-refractivity contribution in [1.82, 2.24) is 9.80 Å². The molecule has 0 radical (unpaired) electrons. The largest absolute Gasteiger partial charge is 0.353 e. The van der Waals surface area contributed by atoms with Crippen LogP contribution in [0.4, 0.5) is 0 Å². The quantitative estimate of drug-likeness (QED) is 0.340. The van der Waals surface area contributed by atoms with Crippen molar-refractivity contribution in [2.45, 2.75) is 77.4 Å². The zero-order valence-electron chi connectivity index (χ0n) is 17.7. The summed E-state index contributed by atoms with van der Waals surface area (Å²) in [5.74, 6) is 0.0482. The van der Waals surface area contributed by atoms with Gasteiger partial charge in [0.05, 0.1) is 0 Å². The van der Waals surface area contributed by atoms with Crippen LogP contribution in [0.1, 0.15) is 71.6 Å². The maximum Gasteiger partial charge on any atom is 0.167 e. The lowest BCUT2D eigenvalue weighted by molar-refractivity contribution is -0.230. The van der Waals surface area contributed by atoms with Gasteiger partial charge in [0.15, 0.2) is 5.79 Å². The topological polar surface area (TPSA) is 24.9 Å². The van der Waals surface area contributed by atoms with Crippen LogP contribution < -0.4 is 0 Å². The third-order valence-corrected chi connectivity index (χ3v) is 6.08. The fraction of sp³-hybridized carbons (Fsp3) is 1.00. The van der Waals surface area contributed by atoms with Crippen LogP contribution in [0.3, 0.4) is 0 Å². The lowest BCUT2D eigenvalue weighted by Gasteiger charge is -2.36. The first-order valence-electron chi connectivity index (χ1n) is 10.6. The SMILES string of the molecule is CCCCCCCCC(CCCN1CCN(C)CC1)C(C)(OC)OC. The van der Waals surface area contributed by atoms with Crippen molar-refractivity contribution < 1.29 is 9.47 Å². The fourth-order valence-corrected chi connectivity index (χ4v) is 3.89. The number of likely N-dealkylation sites (N-methyl/N-ethyl adjacent to an activating group) is 1. The third-order valence-electron chi connectivity index (χ3n) is 6.08. The molecule has 1 aliphatic rings. The van der Waals surface area contributed by atoms with E-state index in [-0.39, 0.29) is 0 Å². The van der Waals surface area contributed by atoms with Crippen LogP contribution in [0.25, 0.3) is 0 Å². The molecule has 1 aliphatic heterocycles. The molecule has 25 heavy (non-hydrogen) atoms. The molecule has 4 nitrogen and oxygen atoms in total. The first-order chi connectivity index (χ1) is 12.1. The van der Waals surface area contributed by atoms with Crippen molar-refractivity contribution in [2.75, 3.05) is 54.0 Å². The maximum absolute atomic E-state index is 5.76. The summed E-state index contributed by atoms with van der Waals surface area (Å²) in [6, 6.07) is 0. The van der Waals surface area contributed by atoms with Crippen molar-refractivity contribution in [3.63, 3.8) is 0 Å². The molecule has 0 spiro atoms. The lowest BCUT2D eigenvalue weighted by Crippen LogP contribution is -2.45. The average molecular weight is 357 g/mol. The predicted octanol–water partition coefficient (Wildman–Crippen LogP) is 4.39. The molecule has 0 amide bonds. The van der Waals surface area contributed by atoms with E-state index in [0.29, 0.717) is 5.92 Å². The normalized spacial score (nSPS) is 18.6. The zero-order valence-corrected chi connectivity index (χ0v) is 17.7. The van der Waals surface area contributed by atoms with E-state index in [2.05, 4.69) is 30.7 Å². The molecule has 1 saturated heterocycles. The van der Waals surface area contributed by atoms with Gasteiger partial charge in [0.2, 0.25) is 0 Å². The summed E-state index contributed by atoms with van der Waals surface area (Å²) in [6.07, 6.45) is 11.8. The smallest absolute Gasteiger partial charge is 0.167 e. The Morgan fingerprint density at radius 1 is 0.840 bits per heavy atom. The van der Waals surface area contributed by atoms with Gasteiger partial charge in [-0.1, -0.05) is 45.4 Å². The Labute approximate surface area is 157 Å². The van der Waals surface area contributed by atoms with E-state index in [9.17, 15) is 0 Å². The molecule has 1 fully saturated rings. The Morgan fingerprint density at radius 2 is 1.40 bits per heavy atom. The third kappa shape index (κ3) is 8.85. The van der Waals surface area contributed by atoms with E-state index in [1.54, 1.807) is 14.2 Å². The molecule has 0 bridgehead atoms. The minimum atomic E-state index is -0.439. The molecule has 1 heterocycles. The minimum Gasteiger partial charge on any atom is -0.353 e. The van der Waals surface area contributed by atoms with Gasteiger partial charge >= 0.3 is 0 Å². The molecular formula is C21H44N2O2. The molecule has 1 unspecified atom stereocenters. The molecular weight excluding hydrogens is 312 g/mol. The molecule has 1 atom stereocenters. The first-order valence-corrected chi connectivity index (χ1v) is 10.6. The van der Waals surface area contributed by atoms with Crippen LogP contribution in [0.5, 0.6) is 0 Å². The zero-order chi connectivity index (χ0) is 18.5. The summed E-state index contributed by atoms with van der Waals surface area (Å²) < 4.78 is 11.5. The molecule has 0 saturated carbocycles. The van der Waals surface area contributed by atoms with Crippen molar-refractivity contribution in [3.8, 4) is 0 Å². The van der Waals surface area contributed by atoms with E-state index in [1.807, 2.05) is 0 Å². The van der Waals surface area contributed by atoms with E-state index in [4.69, 9.17) is 9.47 Å². The summed E-state index contributed by atoms with van der Waals surface area (Å²) in [7, 11) is 5.80. The predicted molar refractivity (Wildman–Crippen MR) is 107 cm³/mol. The standard InChI is InChI=1S/C21H44N2O2/c1-6-7-8-9-10-11-13-20(21(2,24-4)25-5)14-12-15-23-18-16-22(3)17-19-23/h20H,6-19H2,1-5H3. The van der Waals surface area contributed by atoms with Gasteiger partial charge in [-0.2, -0.15) is 0 Å². The highest BCUT2D eigenvalue weighted by molar-refractivity contribution is 4.77. The van der Waals surface area contributed by atoms with Gasteiger partial charge < -0.3 is 19.3 Å². The number of ether oxygens (including phenoxy) is 2. The van der Waals surface area contributed by atoms with Gasteiger partial charge in [-0.3, -0.25) is 0 Å². The van der Waals surface area contributed by atoms with Gasteiger partial charge in [0.1, 0.15) is 0 Å². The Morgan fingerprint density at radius 3 is 2.00 bits per heavy atom. The molecule has 1 rings (SSSR count). The summed E-state index contributed by atoms with van der Waals surface area (Å²) in [5.41, 5.74) is 0. The van der Waals surface area contributed by atoms with E-state index < -0.39 is 5.79 Å². The summed E-state index contributed by atoms with van der Waals surface area (Å²) in [5, 5.41) is 0. The number of piperazine rings is 1. The van der Waals surface area contributed by atoms with Gasteiger partial charge in [0.25, 0.3) is 0 Å². The van der Waals surface area contributed by atoms with E-state index in [0.717, 1.165) is 0 Å². The second-order valence-corrected chi connectivity index (χ2v) is 7.96. The first kappa shape index (κ1) is 22.9. The number of rotatable bonds is 14. The maximum atomic E-state index is 5.76. The van der Waals surface area contributed by atoms with E-state index in [1.165, 1.54) is 90.5 Å². The van der Waals surface area contributed by atoms with Crippen LogP contribution >= 0.6 is 0 Å². The van der Waals surface area contributed by atoms with Gasteiger partial charge in [-0.15, -0.1) is 0 Å². The fourth-order valence-electron chi connectivity index (χ4n) is 3.89. The molecule has 0 aliphatic carbocycles. The highest BCUT2D eigenvalue weighted by atomic mass is 16.7. The Hall–Kier alpha value is -0.160. The van der Waals surface area contributed by atoms with Gasteiger partial charge in [-0.05, 0) is 39.8 Å². The number of hydrogen-bond acceptors (Lipinski definition) is 4. The van der Waals surface area contributed by atoms with Crippen molar-refractivity contribution >= 4 is 0 Å². The Kier molecular flexibility index (Phi) is 12.0. The Balaban J connectivity index is 2.34. The highest BCUT2D eigenvalue weighted by Gasteiger charge is 2.33. The van der Waals surface area contributed by atoms with Crippen molar-refractivity contribution in [1.29, 1.82) is 0 Å². The molecule has 150 valence electrons. The van der Waals surface area contributed by atoms with Crippen molar-refractivity contribution in [3.05, 3.63) is 0 Å². The van der Waals surface area contributed by atoms with Gasteiger partial charge in [-0.25, -0.2) is 0 Å². The Bertz CT molecular complexity index is 313. The second-order valence-electron chi connectivity index (χ2n) is 7.96. The summed E-state index contributed by atoms with van der Waals surface area (Å²) in [6.45, 7) is 10.4. The monoisotopic (exact) mass is 356 g/mol. The molecule has 0 aromatic heterocycles. The van der Waals surface area contributed by atoms with Crippen molar-refractivity contribution in [2.24, 2.45) is 5.92 Å². The molecule has 4 heteroatoms. The number of unbranched alkanes of at least 4 members (excludes halogenated alkanes) is 5. The number of hydrogen-bond donors (Lipinski definition) is 0. The van der Waals surface area contributed by atoms with Crippen LogP contribution in [-0.2, 0) is 9.47 Å². The number of nitrogens with zero attached hydrogens (tertiary/aromatic N) is 2. The van der Waals surface area contributed by atoms with Crippen LogP contribution in [0, 0.1) is 5.92 Å². The minimum absolute atomic E-state index is 0.439. The van der Waals surface area contributed by atoms with Crippen LogP contribution in [0.15, 0.2) is 0 Å². The second kappa shape index (κ2) is 13.1. The lowest BCUT2D eigenvalue weighted by atomic mass is 9.88. The van der Waals surface area contributed by atoms with Crippen LogP contribution in [-0.4, -0.2) is 69.6 Å². The summed E-state index contributed by atoms with van der Waals surface area (Å²) >= 11 is 0. The summed E-state index contributed by atoms with van der Waals surface area (Å²) in [4.78, 5) is 5.03. The van der Waals surface area contributed by atoms with Crippen LogP contribution in [0.2, 0.25) is 0 Å².